The molecule has 1 fully saturated rings. The van der Waals surface area contributed by atoms with Gasteiger partial charge < -0.3 is 9.47 Å². The van der Waals surface area contributed by atoms with Crippen molar-refractivity contribution in [2.24, 2.45) is 0 Å². The third-order valence-corrected chi connectivity index (χ3v) is 7.01. The Bertz CT molecular complexity index is 1730. The summed E-state index contributed by atoms with van der Waals surface area (Å²) in [5.74, 6) is -1.23. The van der Waals surface area contributed by atoms with Crippen LogP contribution in [-0.4, -0.2) is 43.5 Å². The van der Waals surface area contributed by atoms with Gasteiger partial charge in [0, 0.05) is 44.1 Å². The van der Waals surface area contributed by atoms with Crippen LogP contribution in [0.25, 0.3) is 22.2 Å². The van der Waals surface area contributed by atoms with Crippen LogP contribution < -0.4 is 16.0 Å². The van der Waals surface area contributed by atoms with Gasteiger partial charge in [0.05, 0.1) is 28.4 Å². The first kappa shape index (κ1) is 29.1. The molecule has 0 saturated carbocycles. The van der Waals surface area contributed by atoms with Gasteiger partial charge in [0.1, 0.15) is 17.6 Å². The number of aryl methyl sites for hydroxylation is 1. The highest BCUT2D eigenvalue weighted by molar-refractivity contribution is 5.86. The molecule has 222 valence electrons. The molecule has 1 aliphatic rings. The average Bonchev–Trinajstić information content (AvgIpc) is 3.29. The van der Waals surface area contributed by atoms with E-state index in [1.807, 2.05) is 0 Å². The van der Waals surface area contributed by atoms with Crippen molar-refractivity contribution in [3.05, 3.63) is 80.6 Å². The second-order valence-electron chi connectivity index (χ2n) is 9.77. The molecule has 42 heavy (non-hydrogen) atoms. The predicted molar refractivity (Wildman–Crippen MR) is 134 cm³/mol. The first-order valence-corrected chi connectivity index (χ1v) is 12.5. The van der Waals surface area contributed by atoms with E-state index in [-0.39, 0.29) is 54.5 Å². The van der Waals surface area contributed by atoms with Crippen LogP contribution in [0.2, 0.25) is 0 Å². The molecule has 1 N–H and O–H groups in total. The molecule has 0 spiro atoms. The van der Waals surface area contributed by atoms with Gasteiger partial charge in [-0.3, -0.25) is 9.59 Å². The van der Waals surface area contributed by atoms with Crippen molar-refractivity contribution in [2.45, 2.75) is 50.4 Å². The van der Waals surface area contributed by atoms with Crippen molar-refractivity contribution in [3.8, 4) is 11.4 Å². The molecule has 0 bridgehead atoms. The lowest BCUT2D eigenvalue weighted by molar-refractivity contribution is -0.139. The molecule has 4 aromatic rings. The molecule has 0 radical (unpaired) electrons. The lowest BCUT2D eigenvalue weighted by Gasteiger charge is -2.28. The van der Waals surface area contributed by atoms with Gasteiger partial charge in [-0.05, 0) is 36.4 Å². The summed E-state index contributed by atoms with van der Waals surface area (Å²) in [5.41, 5.74) is -5.33. The number of benzene rings is 1. The third-order valence-electron chi connectivity index (χ3n) is 7.01. The Hall–Kier alpha value is -4.37. The van der Waals surface area contributed by atoms with Crippen LogP contribution in [0.3, 0.4) is 0 Å². The number of aromatic nitrogens is 5. The zero-order chi connectivity index (χ0) is 30.4. The number of alkyl halides is 7. The SMILES string of the molecule is O=c1[nH]ncc(N2C[C@@H](F)C[C@H]2CCCn2ccc3cc(-c4ncc(C(F)(F)F)cn4)c(F)cc3c2=O)c1C(F)(F)F. The molecule has 0 unspecified atom stereocenters. The van der Waals surface area contributed by atoms with Crippen molar-refractivity contribution in [1.29, 1.82) is 0 Å². The number of H-pyrrole nitrogens is 1. The topological polar surface area (TPSA) is 96.8 Å². The fraction of sp³-hybridized carbons (Fsp3) is 0.346. The van der Waals surface area contributed by atoms with Crippen molar-refractivity contribution in [1.82, 2.24) is 24.7 Å². The highest BCUT2D eigenvalue weighted by Gasteiger charge is 2.42. The zero-order valence-corrected chi connectivity index (χ0v) is 21.3. The number of fused-ring (bicyclic) bond motifs is 1. The predicted octanol–water partition coefficient (Wildman–Crippen LogP) is 5.12. The Morgan fingerprint density at radius 3 is 2.38 bits per heavy atom. The maximum atomic E-state index is 14.9. The lowest BCUT2D eigenvalue weighted by Crippen LogP contribution is -2.35. The fourth-order valence-electron chi connectivity index (χ4n) is 5.07. The number of hydrogen-bond acceptors (Lipinski definition) is 6. The smallest absolute Gasteiger partial charge is 0.364 e. The summed E-state index contributed by atoms with van der Waals surface area (Å²) >= 11 is 0. The molecule has 1 aromatic carbocycles. The van der Waals surface area contributed by atoms with Gasteiger partial charge in [0.2, 0.25) is 0 Å². The largest absolute Gasteiger partial charge is 0.423 e. The summed E-state index contributed by atoms with van der Waals surface area (Å²) in [6, 6.07) is 2.95. The lowest BCUT2D eigenvalue weighted by atomic mass is 10.1. The van der Waals surface area contributed by atoms with Gasteiger partial charge >= 0.3 is 12.4 Å². The first-order valence-electron chi connectivity index (χ1n) is 12.5. The molecule has 8 nitrogen and oxygen atoms in total. The molecule has 1 aliphatic heterocycles. The summed E-state index contributed by atoms with van der Waals surface area (Å²) < 4.78 is 110. The second kappa shape index (κ2) is 10.8. The van der Waals surface area contributed by atoms with E-state index in [1.165, 1.54) is 27.8 Å². The highest BCUT2D eigenvalue weighted by Crippen LogP contribution is 2.38. The van der Waals surface area contributed by atoms with Crippen molar-refractivity contribution >= 4 is 16.5 Å². The molecule has 0 aliphatic carbocycles. The molecule has 3 aromatic heterocycles. The van der Waals surface area contributed by atoms with Crippen LogP contribution in [-0.2, 0) is 18.9 Å². The minimum absolute atomic E-state index is 0.0265. The zero-order valence-electron chi connectivity index (χ0n) is 21.3. The van der Waals surface area contributed by atoms with Crippen molar-refractivity contribution in [2.75, 3.05) is 11.4 Å². The van der Waals surface area contributed by atoms with Crippen LogP contribution in [0.4, 0.5) is 40.8 Å². The maximum Gasteiger partial charge on any atom is 0.423 e. The maximum absolute atomic E-state index is 14.9. The molecular formula is C26H20F8N6O2. The van der Waals surface area contributed by atoms with E-state index in [0.29, 0.717) is 12.4 Å². The average molecular weight is 600 g/mol. The number of hydrogen-bond donors (Lipinski definition) is 1. The Kier molecular flexibility index (Phi) is 7.49. The molecule has 0 amide bonds. The normalized spacial score (nSPS) is 17.8. The minimum atomic E-state index is -4.99. The van der Waals surface area contributed by atoms with Gasteiger partial charge in [-0.15, -0.1) is 0 Å². The summed E-state index contributed by atoms with van der Waals surface area (Å²) in [6.07, 6.45) is -7.48. The van der Waals surface area contributed by atoms with E-state index in [1.54, 1.807) is 5.10 Å². The number of rotatable bonds is 6. The van der Waals surface area contributed by atoms with Crippen LogP contribution >= 0.6 is 0 Å². The van der Waals surface area contributed by atoms with Gasteiger partial charge in [-0.2, -0.15) is 31.4 Å². The van der Waals surface area contributed by atoms with E-state index < -0.39 is 58.3 Å². The van der Waals surface area contributed by atoms with E-state index >= 15 is 0 Å². The van der Waals surface area contributed by atoms with Gasteiger partial charge in [0.15, 0.2) is 5.82 Å². The molecule has 5 rings (SSSR count). The number of nitrogens with zero attached hydrogens (tertiary/aromatic N) is 5. The fourth-order valence-corrected chi connectivity index (χ4v) is 5.07. The van der Waals surface area contributed by atoms with E-state index in [9.17, 15) is 44.7 Å². The second-order valence-corrected chi connectivity index (χ2v) is 9.77. The standard InChI is InChI=1S/C26H20F8N6O2/c27-15-7-16(40(12-15)20-11-37-38-23(41)21(20)26(32,33)34)2-1-4-39-5-3-13-6-18(19(28)8-17(13)24(39)42)22-35-9-14(10-36-22)25(29,30)31/h3,5-6,8-11,15-16H,1-2,4,7,12H2,(H,38,41)/t15-,16+/m0/s1. The summed E-state index contributed by atoms with van der Waals surface area (Å²) in [6.45, 7) is -0.291. The number of halogens is 8. The van der Waals surface area contributed by atoms with Gasteiger partial charge in [0.25, 0.3) is 11.1 Å². The summed E-state index contributed by atoms with van der Waals surface area (Å²) in [5, 5.41) is 5.44. The molecule has 1 saturated heterocycles. The Labute approximate surface area is 230 Å². The summed E-state index contributed by atoms with van der Waals surface area (Å²) in [4.78, 5) is 33.3. The van der Waals surface area contributed by atoms with E-state index in [4.69, 9.17) is 0 Å². The molecular weight excluding hydrogens is 580 g/mol. The first-order chi connectivity index (χ1) is 19.7. The Balaban J connectivity index is 1.34. The molecule has 4 heterocycles. The van der Waals surface area contributed by atoms with Gasteiger partial charge in [-0.1, -0.05) is 0 Å². The van der Waals surface area contributed by atoms with E-state index in [0.717, 1.165) is 12.3 Å². The molecule has 16 heteroatoms. The van der Waals surface area contributed by atoms with Crippen molar-refractivity contribution in [3.63, 3.8) is 0 Å². The summed E-state index contributed by atoms with van der Waals surface area (Å²) in [7, 11) is 0. The van der Waals surface area contributed by atoms with E-state index in [2.05, 4.69) is 15.1 Å². The number of aromatic amines is 1. The van der Waals surface area contributed by atoms with Crippen LogP contribution in [0.1, 0.15) is 30.4 Å². The third kappa shape index (κ3) is 5.69. The molecule has 2 atom stereocenters. The number of pyridine rings is 1. The highest BCUT2D eigenvalue weighted by atomic mass is 19.4. The van der Waals surface area contributed by atoms with Crippen LogP contribution in [0.5, 0.6) is 0 Å². The van der Waals surface area contributed by atoms with Crippen LogP contribution in [0, 0.1) is 5.82 Å². The Morgan fingerprint density at radius 1 is 1.00 bits per heavy atom. The monoisotopic (exact) mass is 600 g/mol. The quantitative estimate of drug-likeness (QED) is 0.309. The van der Waals surface area contributed by atoms with Gasteiger partial charge in [-0.25, -0.2) is 23.8 Å². The Morgan fingerprint density at radius 2 is 1.71 bits per heavy atom. The minimum Gasteiger partial charge on any atom is -0.364 e. The van der Waals surface area contributed by atoms with Crippen molar-refractivity contribution < 1.29 is 35.1 Å². The number of nitrogens with one attached hydrogen (secondary N) is 1. The van der Waals surface area contributed by atoms with Crippen LogP contribution in [0.15, 0.2) is 52.6 Å². The number of anilines is 1.